The number of halogens is 3. The van der Waals surface area contributed by atoms with Crippen molar-refractivity contribution in [2.45, 2.75) is 19.1 Å². The maximum atomic E-state index is 13.0. The van der Waals surface area contributed by atoms with E-state index in [4.69, 9.17) is 4.74 Å². The van der Waals surface area contributed by atoms with Crippen LogP contribution < -0.4 is 10.1 Å². The Balaban J connectivity index is 2.10. The molecule has 0 bridgehead atoms. The molecule has 0 radical (unpaired) electrons. The molecule has 6 heteroatoms. The fraction of sp³-hybridized carbons (Fsp3) is 0.600. The first kappa shape index (κ1) is 16.1. The number of hydrogen-bond acceptors (Lipinski definition) is 3. The van der Waals surface area contributed by atoms with E-state index < -0.39 is 12.1 Å². The van der Waals surface area contributed by atoms with E-state index in [0.717, 1.165) is 11.3 Å². The van der Waals surface area contributed by atoms with E-state index in [9.17, 15) is 13.2 Å². The monoisotopic (exact) mass is 302 g/mol. The number of hydrogen-bond donors (Lipinski definition) is 1. The topological polar surface area (TPSA) is 24.5 Å². The van der Waals surface area contributed by atoms with Gasteiger partial charge in [-0.05, 0) is 24.6 Å². The fourth-order valence-electron chi connectivity index (χ4n) is 2.60. The largest absolute Gasteiger partial charge is 0.497 e. The second-order valence-corrected chi connectivity index (χ2v) is 5.39. The normalized spacial score (nSPS) is 22.6. The Bertz CT molecular complexity index is 447. The summed E-state index contributed by atoms with van der Waals surface area (Å²) in [5, 5.41) is 2.88. The van der Waals surface area contributed by atoms with Crippen molar-refractivity contribution in [2.24, 2.45) is 5.92 Å². The first-order valence-corrected chi connectivity index (χ1v) is 7.07. The van der Waals surface area contributed by atoms with Gasteiger partial charge in [-0.3, -0.25) is 4.90 Å². The molecule has 2 rings (SSSR count). The molecule has 1 fully saturated rings. The molecule has 2 atom stereocenters. The van der Waals surface area contributed by atoms with Crippen molar-refractivity contribution in [3.05, 3.63) is 29.8 Å². The van der Waals surface area contributed by atoms with Crippen LogP contribution in [0.2, 0.25) is 0 Å². The van der Waals surface area contributed by atoms with Gasteiger partial charge in [0.1, 0.15) is 5.75 Å². The zero-order chi connectivity index (χ0) is 15.5. The third-order valence-corrected chi connectivity index (χ3v) is 4.03. The van der Waals surface area contributed by atoms with Gasteiger partial charge < -0.3 is 10.1 Å². The van der Waals surface area contributed by atoms with Crippen molar-refractivity contribution in [1.29, 1.82) is 0 Å². The number of methoxy groups -OCH3 is 1. The summed E-state index contributed by atoms with van der Waals surface area (Å²) in [7, 11) is 1.59. The second kappa shape index (κ2) is 6.66. The summed E-state index contributed by atoms with van der Waals surface area (Å²) in [5.41, 5.74) is 0.999. The van der Waals surface area contributed by atoms with E-state index in [-0.39, 0.29) is 19.1 Å². The SMILES string of the molecule is COc1ccc(C(C)N2CCNCC(C(F)(F)F)C2)cc1. The van der Waals surface area contributed by atoms with Crippen LogP contribution in [0.4, 0.5) is 13.2 Å². The lowest BCUT2D eigenvalue weighted by atomic mass is 10.0. The van der Waals surface area contributed by atoms with Crippen molar-refractivity contribution in [1.82, 2.24) is 10.2 Å². The molecule has 1 N–H and O–H groups in total. The van der Waals surface area contributed by atoms with E-state index in [1.807, 2.05) is 36.1 Å². The van der Waals surface area contributed by atoms with Crippen LogP contribution >= 0.6 is 0 Å². The lowest BCUT2D eigenvalue weighted by molar-refractivity contribution is -0.176. The van der Waals surface area contributed by atoms with Crippen LogP contribution in [-0.2, 0) is 0 Å². The van der Waals surface area contributed by atoms with Crippen LogP contribution in [0.3, 0.4) is 0 Å². The predicted octanol–water partition coefficient (Wildman–Crippen LogP) is 2.84. The van der Waals surface area contributed by atoms with Gasteiger partial charge in [-0.1, -0.05) is 12.1 Å². The molecule has 0 spiro atoms. The fourth-order valence-corrected chi connectivity index (χ4v) is 2.60. The quantitative estimate of drug-likeness (QED) is 0.929. The van der Waals surface area contributed by atoms with Gasteiger partial charge in [0.25, 0.3) is 0 Å². The zero-order valence-electron chi connectivity index (χ0n) is 12.3. The summed E-state index contributed by atoms with van der Waals surface area (Å²) in [4.78, 5) is 1.89. The first-order valence-electron chi connectivity index (χ1n) is 7.07. The smallest absolute Gasteiger partial charge is 0.394 e. The van der Waals surface area contributed by atoms with Crippen LogP contribution in [0, 0.1) is 5.92 Å². The van der Waals surface area contributed by atoms with E-state index in [2.05, 4.69) is 5.32 Å². The van der Waals surface area contributed by atoms with E-state index >= 15 is 0 Å². The minimum atomic E-state index is -4.16. The van der Waals surface area contributed by atoms with Crippen LogP contribution in [0.15, 0.2) is 24.3 Å². The molecule has 0 aromatic heterocycles. The first-order chi connectivity index (χ1) is 9.91. The van der Waals surface area contributed by atoms with Gasteiger partial charge in [0, 0.05) is 32.2 Å². The molecular formula is C15H21F3N2O. The zero-order valence-corrected chi connectivity index (χ0v) is 12.3. The highest BCUT2D eigenvalue weighted by Crippen LogP contribution is 2.30. The van der Waals surface area contributed by atoms with Gasteiger partial charge in [0.05, 0.1) is 13.0 Å². The molecule has 1 aliphatic rings. The lowest BCUT2D eigenvalue weighted by Gasteiger charge is -2.31. The van der Waals surface area contributed by atoms with E-state index in [1.54, 1.807) is 7.11 Å². The standard InChI is InChI=1S/C15H21F3N2O/c1-11(12-3-5-14(21-2)6-4-12)20-8-7-19-9-13(10-20)15(16,17)18/h3-6,11,13,19H,7-10H2,1-2H3. The molecule has 0 amide bonds. The second-order valence-electron chi connectivity index (χ2n) is 5.39. The molecule has 2 unspecified atom stereocenters. The predicted molar refractivity (Wildman–Crippen MR) is 75.4 cm³/mol. The molecule has 1 heterocycles. The molecule has 3 nitrogen and oxygen atoms in total. The Kier molecular flexibility index (Phi) is 5.11. The Labute approximate surface area is 123 Å². The number of nitrogens with zero attached hydrogens (tertiary/aromatic N) is 1. The summed E-state index contributed by atoms with van der Waals surface area (Å²) < 4.78 is 44.0. The average Bonchev–Trinajstić information content (AvgIpc) is 2.72. The highest BCUT2D eigenvalue weighted by molar-refractivity contribution is 5.28. The van der Waals surface area contributed by atoms with Gasteiger partial charge in [-0.2, -0.15) is 13.2 Å². The van der Waals surface area contributed by atoms with E-state index in [1.165, 1.54) is 0 Å². The highest BCUT2D eigenvalue weighted by atomic mass is 19.4. The molecule has 0 saturated carbocycles. The Morgan fingerprint density at radius 1 is 1.29 bits per heavy atom. The summed E-state index contributed by atoms with van der Waals surface area (Å²) in [5.74, 6) is -0.572. The van der Waals surface area contributed by atoms with Gasteiger partial charge in [-0.15, -0.1) is 0 Å². The van der Waals surface area contributed by atoms with E-state index in [0.29, 0.717) is 13.1 Å². The molecule has 118 valence electrons. The number of alkyl halides is 3. The summed E-state index contributed by atoms with van der Waals surface area (Å²) in [6.45, 7) is 3.16. The van der Waals surface area contributed by atoms with Gasteiger partial charge in [-0.25, -0.2) is 0 Å². The number of nitrogens with one attached hydrogen (secondary N) is 1. The highest BCUT2D eigenvalue weighted by Gasteiger charge is 2.41. The summed E-state index contributed by atoms with van der Waals surface area (Å²) in [6, 6.07) is 7.43. The van der Waals surface area contributed by atoms with Crippen molar-refractivity contribution < 1.29 is 17.9 Å². The molecule has 1 aromatic rings. The molecule has 21 heavy (non-hydrogen) atoms. The molecule has 0 aliphatic carbocycles. The van der Waals surface area contributed by atoms with Gasteiger partial charge >= 0.3 is 6.18 Å². The summed E-state index contributed by atoms with van der Waals surface area (Å²) in [6.07, 6.45) is -4.16. The Hall–Kier alpha value is -1.27. The minimum Gasteiger partial charge on any atom is -0.497 e. The maximum Gasteiger partial charge on any atom is 0.394 e. The Morgan fingerprint density at radius 2 is 1.95 bits per heavy atom. The third kappa shape index (κ3) is 4.11. The minimum absolute atomic E-state index is 0.00463. The van der Waals surface area contributed by atoms with Gasteiger partial charge in [0.2, 0.25) is 0 Å². The van der Waals surface area contributed by atoms with Crippen LogP contribution in [0.5, 0.6) is 5.75 Å². The van der Waals surface area contributed by atoms with Crippen LogP contribution in [-0.4, -0.2) is 44.4 Å². The van der Waals surface area contributed by atoms with Crippen LogP contribution in [0.1, 0.15) is 18.5 Å². The molecule has 1 saturated heterocycles. The molecule has 1 aromatic carbocycles. The van der Waals surface area contributed by atoms with Crippen LogP contribution in [0.25, 0.3) is 0 Å². The van der Waals surface area contributed by atoms with Crippen molar-refractivity contribution >= 4 is 0 Å². The average molecular weight is 302 g/mol. The van der Waals surface area contributed by atoms with Crippen molar-refractivity contribution in [2.75, 3.05) is 33.3 Å². The third-order valence-electron chi connectivity index (χ3n) is 4.03. The maximum absolute atomic E-state index is 13.0. The molecule has 1 aliphatic heterocycles. The number of ether oxygens (including phenoxy) is 1. The van der Waals surface area contributed by atoms with Gasteiger partial charge in [0.15, 0.2) is 0 Å². The van der Waals surface area contributed by atoms with Crippen molar-refractivity contribution in [3.63, 3.8) is 0 Å². The summed E-state index contributed by atoms with van der Waals surface area (Å²) >= 11 is 0. The molecular weight excluding hydrogens is 281 g/mol. The number of rotatable bonds is 3. The lowest BCUT2D eigenvalue weighted by Crippen LogP contribution is -2.39. The number of benzene rings is 1. The Morgan fingerprint density at radius 3 is 2.52 bits per heavy atom. The van der Waals surface area contributed by atoms with Crippen molar-refractivity contribution in [3.8, 4) is 5.75 Å².